The maximum Gasteiger partial charge on any atom is 0.133 e. The van der Waals surface area contributed by atoms with Crippen LogP contribution in [0.25, 0.3) is 5.69 Å². The van der Waals surface area contributed by atoms with E-state index in [1.54, 1.807) is 0 Å². The van der Waals surface area contributed by atoms with E-state index < -0.39 is 0 Å². The van der Waals surface area contributed by atoms with Crippen molar-refractivity contribution in [3.8, 4) is 5.69 Å². The number of benzene rings is 1. The van der Waals surface area contributed by atoms with E-state index in [0.717, 1.165) is 18.7 Å². The Labute approximate surface area is 145 Å². The molecule has 0 radical (unpaired) electrons. The van der Waals surface area contributed by atoms with Crippen LogP contribution in [0.1, 0.15) is 36.6 Å². The summed E-state index contributed by atoms with van der Waals surface area (Å²) in [4.78, 5) is 2.47. The third kappa shape index (κ3) is 2.44. The molecular formula is C17H21IN4. The highest BCUT2D eigenvalue weighted by Crippen LogP contribution is 2.37. The third-order valence-corrected chi connectivity index (χ3v) is 5.56. The van der Waals surface area contributed by atoms with Gasteiger partial charge in [0.25, 0.3) is 0 Å². The molecule has 3 heterocycles. The summed E-state index contributed by atoms with van der Waals surface area (Å²) < 4.78 is 3.36. The largest absolute Gasteiger partial charge is 0.369 e. The van der Waals surface area contributed by atoms with Gasteiger partial charge in [-0.15, -0.1) is 0 Å². The molecule has 0 bridgehead atoms. The van der Waals surface area contributed by atoms with E-state index in [1.807, 2.05) is 0 Å². The Morgan fingerprint density at radius 1 is 1.23 bits per heavy atom. The summed E-state index contributed by atoms with van der Waals surface area (Å²) >= 11 is 2.34. The van der Waals surface area contributed by atoms with E-state index in [0.29, 0.717) is 6.04 Å². The first-order chi connectivity index (χ1) is 10.7. The van der Waals surface area contributed by atoms with Gasteiger partial charge >= 0.3 is 0 Å². The van der Waals surface area contributed by atoms with Crippen LogP contribution < -0.4 is 5.32 Å². The lowest BCUT2D eigenvalue weighted by Gasteiger charge is -2.31. The lowest BCUT2D eigenvalue weighted by atomic mass is 9.97. The number of halogens is 1. The zero-order valence-corrected chi connectivity index (χ0v) is 15.0. The van der Waals surface area contributed by atoms with Crippen molar-refractivity contribution >= 4 is 28.4 Å². The third-order valence-electron chi connectivity index (χ3n) is 4.84. The molecule has 0 spiro atoms. The highest BCUT2D eigenvalue weighted by Gasteiger charge is 2.31. The van der Waals surface area contributed by atoms with Gasteiger partial charge in [0.2, 0.25) is 0 Å². The minimum atomic E-state index is 0.479. The van der Waals surface area contributed by atoms with Crippen LogP contribution >= 0.6 is 22.6 Å². The highest BCUT2D eigenvalue weighted by molar-refractivity contribution is 14.1. The van der Waals surface area contributed by atoms with Crippen molar-refractivity contribution in [2.45, 2.75) is 31.7 Å². The molecule has 1 atom stereocenters. The summed E-state index contributed by atoms with van der Waals surface area (Å²) in [5.41, 5.74) is 3.87. The molecule has 2 aliphatic heterocycles. The molecule has 5 heteroatoms. The zero-order chi connectivity index (χ0) is 15.1. The summed E-state index contributed by atoms with van der Waals surface area (Å²) in [5, 5.41) is 8.55. The predicted octanol–water partition coefficient (Wildman–Crippen LogP) is 3.60. The summed E-state index contributed by atoms with van der Waals surface area (Å²) in [7, 11) is 2.24. The second kappa shape index (κ2) is 5.85. The van der Waals surface area contributed by atoms with Crippen molar-refractivity contribution in [2.75, 3.05) is 25.5 Å². The van der Waals surface area contributed by atoms with Crippen molar-refractivity contribution in [2.24, 2.45) is 0 Å². The smallest absolute Gasteiger partial charge is 0.133 e. The number of nitrogens with zero attached hydrogens (tertiary/aromatic N) is 3. The fourth-order valence-corrected chi connectivity index (χ4v) is 4.02. The first kappa shape index (κ1) is 14.5. The van der Waals surface area contributed by atoms with Crippen LogP contribution in [0.5, 0.6) is 0 Å². The Balaban J connectivity index is 1.78. The van der Waals surface area contributed by atoms with Crippen molar-refractivity contribution in [1.82, 2.24) is 14.7 Å². The van der Waals surface area contributed by atoms with E-state index >= 15 is 0 Å². The molecule has 116 valence electrons. The Kier molecular flexibility index (Phi) is 3.86. The molecular weight excluding hydrogens is 387 g/mol. The fourth-order valence-electron chi connectivity index (χ4n) is 3.66. The number of rotatable bonds is 2. The van der Waals surface area contributed by atoms with Gasteiger partial charge in [-0.2, -0.15) is 5.10 Å². The Morgan fingerprint density at radius 3 is 2.82 bits per heavy atom. The molecule has 1 saturated heterocycles. The molecule has 22 heavy (non-hydrogen) atoms. The quantitative estimate of drug-likeness (QED) is 0.771. The van der Waals surface area contributed by atoms with E-state index in [9.17, 15) is 0 Å². The minimum absolute atomic E-state index is 0.479. The molecule has 1 N–H and O–H groups in total. The normalized spacial score (nSPS) is 21.6. The summed E-state index contributed by atoms with van der Waals surface area (Å²) in [6, 6.07) is 9.08. The molecule has 2 aromatic rings. The average Bonchev–Trinajstić information content (AvgIpc) is 3.11. The van der Waals surface area contributed by atoms with E-state index in [4.69, 9.17) is 5.10 Å². The molecule has 0 saturated carbocycles. The topological polar surface area (TPSA) is 33.1 Å². The van der Waals surface area contributed by atoms with Crippen LogP contribution in [0.4, 0.5) is 5.82 Å². The fraction of sp³-hybridized carbons (Fsp3) is 0.471. The Bertz CT molecular complexity index is 677. The van der Waals surface area contributed by atoms with Gasteiger partial charge in [-0.25, -0.2) is 4.68 Å². The van der Waals surface area contributed by atoms with E-state index in [1.165, 1.54) is 46.5 Å². The molecule has 0 aliphatic carbocycles. The molecule has 2 aliphatic rings. The molecule has 1 unspecified atom stereocenters. The van der Waals surface area contributed by atoms with Crippen LogP contribution in [0.15, 0.2) is 24.3 Å². The highest BCUT2D eigenvalue weighted by atomic mass is 127. The van der Waals surface area contributed by atoms with Crippen LogP contribution in [0.3, 0.4) is 0 Å². The molecule has 1 aromatic heterocycles. The van der Waals surface area contributed by atoms with Gasteiger partial charge in [0.15, 0.2) is 0 Å². The van der Waals surface area contributed by atoms with Gasteiger partial charge in [0.1, 0.15) is 5.82 Å². The Morgan fingerprint density at radius 2 is 2.05 bits per heavy atom. The lowest BCUT2D eigenvalue weighted by Crippen LogP contribution is -2.30. The van der Waals surface area contributed by atoms with Gasteiger partial charge < -0.3 is 5.32 Å². The molecule has 4 nitrogen and oxygen atoms in total. The zero-order valence-electron chi connectivity index (χ0n) is 12.8. The van der Waals surface area contributed by atoms with Gasteiger partial charge in [0, 0.05) is 15.7 Å². The minimum Gasteiger partial charge on any atom is -0.369 e. The van der Waals surface area contributed by atoms with Crippen molar-refractivity contribution in [1.29, 1.82) is 0 Å². The number of likely N-dealkylation sites (tertiary alicyclic amines) is 1. The van der Waals surface area contributed by atoms with Gasteiger partial charge in [0.05, 0.1) is 17.4 Å². The monoisotopic (exact) mass is 408 g/mol. The summed E-state index contributed by atoms with van der Waals surface area (Å²) in [6.45, 7) is 2.21. The first-order valence-corrected chi connectivity index (χ1v) is 9.14. The second-order valence-electron chi connectivity index (χ2n) is 6.27. The number of fused-ring (bicyclic) bond motifs is 1. The van der Waals surface area contributed by atoms with Crippen molar-refractivity contribution in [3.63, 3.8) is 0 Å². The number of piperidine rings is 1. The predicted molar refractivity (Wildman–Crippen MR) is 97.7 cm³/mol. The van der Waals surface area contributed by atoms with Gasteiger partial charge in [-0.1, -0.05) is 6.42 Å². The molecule has 0 amide bonds. The van der Waals surface area contributed by atoms with E-state index in [2.05, 4.69) is 68.8 Å². The van der Waals surface area contributed by atoms with Crippen LogP contribution in [-0.2, 0) is 6.42 Å². The van der Waals surface area contributed by atoms with E-state index in [-0.39, 0.29) is 0 Å². The number of hydrogen-bond donors (Lipinski definition) is 1. The van der Waals surface area contributed by atoms with Crippen LogP contribution in [-0.4, -0.2) is 34.8 Å². The number of hydrogen-bond acceptors (Lipinski definition) is 3. The van der Waals surface area contributed by atoms with Crippen molar-refractivity contribution < 1.29 is 0 Å². The van der Waals surface area contributed by atoms with Gasteiger partial charge in [-0.3, -0.25) is 4.90 Å². The maximum atomic E-state index is 5.02. The number of nitrogens with one attached hydrogen (secondary N) is 1. The lowest BCUT2D eigenvalue weighted by molar-refractivity contribution is 0.182. The van der Waals surface area contributed by atoms with Crippen LogP contribution in [0.2, 0.25) is 0 Å². The Hall–Kier alpha value is -1.08. The first-order valence-electron chi connectivity index (χ1n) is 8.06. The van der Waals surface area contributed by atoms with Gasteiger partial charge in [-0.05, 0) is 79.7 Å². The second-order valence-corrected chi connectivity index (χ2v) is 7.52. The standard InChI is InChI=1S/C17H21IN4/c1-21-11-3-2-4-15(21)16-14-9-10-19-17(14)22(20-16)13-7-5-12(18)6-8-13/h5-8,15,19H,2-4,9-11H2,1H3. The molecule has 1 fully saturated rings. The molecule has 1 aromatic carbocycles. The number of aromatic nitrogens is 2. The SMILES string of the molecule is CN1CCCCC1c1nn(-c2ccc(I)cc2)c2c1CCN2. The number of anilines is 1. The summed E-state index contributed by atoms with van der Waals surface area (Å²) in [5.74, 6) is 1.20. The van der Waals surface area contributed by atoms with Crippen molar-refractivity contribution in [3.05, 3.63) is 39.1 Å². The maximum absolute atomic E-state index is 5.02. The average molecular weight is 408 g/mol. The summed E-state index contributed by atoms with van der Waals surface area (Å²) in [6.07, 6.45) is 4.95. The van der Waals surface area contributed by atoms with Crippen LogP contribution in [0, 0.1) is 3.57 Å². The molecule has 4 rings (SSSR count).